The van der Waals surface area contributed by atoms with Crippen LogP contribution < -0.4 is 47.4 Å². The molecule has 0 aliphatic heterocycles. The molecular weight excluding hydrogens is 1270 g/mol. The fraction of sp³-hybridized carbons (Fsp3) is 0.522. The van der Waals surface area contributed by atoms with Crippen LogP contribution in [-0.2, 0) is 44.4 Å². The van der Waals surface area contributed by atoms with Crippen molar-refractivity contribution < 1.29 is 56.9 Å². The van der Waals surface area contributed by atoms with Gasteiger partial charge in [-0.05, 0) is 197 Å². The van der Waals surface area contributed by atoms with Crippen molar-refractivity contribution in [3.63, 3.8) is 0 Å². The van der Waals surface area contributed by atoms with E-state index in [-0.39, 0.29) is 13.2 Å². The molecule has 0 amide bonds. The minimum Gasteiger partial charge on any atom is -0.494 e. The summed E-state index contributed by atoms with van der Waals surface area (Å²) in [7, 11) is 1.36. The zero-order valence-electron chi connectivity index (χ0n) is 64.3. The van der Waals surface area contributed by atoms with Crippen molar-refractivity contribution in [1.82, 2.24) is 0 Å². The molecule has 102 heavy (non-hydrogen) atoms. The lowest BCUT2D eigenvalue weighted by molar-refractivity contribution is 0.0600. The molecule has 0 saturated heterocycles. The SMILES string of the molecule is COC(=O)c1ccc(OCc2ccc(OCc3ccc(OCC[C@H](C)CCCC(C)C)cc3)c(OCc3ccc(OCC[C@H](C)CCCC(C)C)cc3)c2)c(OCc2ccc(OCc3ccc(OCC[C@H](C)CCCC(C)C)cc3)c(OCc3ccc(OCC[C@H](C)CCCC(C)C)cc3)c2)c1. The highest BCUT2D eigenvalue weighted by Gasteiger charge is 2.18. The number of hydrogen-bond donors (Lipinski definition) is 0. The minimum atomic E-state index is -0.501. The van der Waals surface area contributed by atoms with Gasteiger partial charge in [-0.15, -0.1) is 0 Å². The number of rotatable bonds is 51. The van der Waals surface area contributed by atoms with Crippen molar-refractivity contribution in [3.05, 3.63) is 191 Å². The van der Waals surface area contributed by atoms with Crippen molar-refractivity contribution in [2.24, 2.45) is 47.3 Å². The molecule has 556 valence electrons. The summed E-state index contributed by atoms with van der Waals surface area (Å²) in [5.41, 5.74) is 5.91. The number of methoxy groups -OCH3 is 1. The highest BCUT2D eigenvalue weighted by atomic mass is 16.5. The van der Waals surface area contributed by atoms with Gasteiger partial charge >= 0.3 is 5.97 Å². The molecule has 7 aromatic carbocycles. The zero-order valence-corrected chi connectivity index (χ0v) is 64.3. The van der Waals surface area contributed by atoms with Crippen LogP contribution >= 0.6 is 0 Å². The van der Waals surface area contributed by atoms with Gasteiger partial charge in [-0.3, -0.25) is 0 Å². The summed E-state index contributed by atoms with van der Waals surface area (Å²) >= 11 is 0. The molecule has 0 bridgehead atoms. The van der Waals surface area contributed by atoms with Crippen LogP contribution in [0.4, 0.5) is 0 Å². The van der Waals surface area contributed by atoms with Crippen LogP contribution in [0.1, 0.15) is 230 Å². The third-order valence-corrected chi connectivity index (χ3v) is 18.9. The molecule has 0 radical (unpaired) electrons. The summed E-state index contributed by atoms with van der Waals surface area (Å²) in [5.74, 6) is 11.4. The normalized spacial score (nSPS) is 12.6. The minimum absolute atomic E-state index is 0.112. The van der Waals surface area contributed by atoms with Gasteiger partial charge in [-0.25, -0.2) is 4.79 Å². The predicted molar refractivity (Wildman–Crippen MR) is 414 cm³/mol. The van der Waals surface area contributed by atoms with Crippen LogP contribution in [0.25, 0.3) is 0 Å². The van der Waals surface area contributed by atoms with Gasteiger partial charge in [-0.2, -0.15) is 0 Å². The van der Waals surface area contributed by atoms with Gasteiger partial charge in [0.15, 0.2) is 34.5 Å². The Bertz CT molecular complexity index is 3430. The van der Waals surface area contributed by atoms with Gasteiger partial charge in [0.05, 0.1) is 39.1 Å². The molecule has 0 N–H and O–H groups in total. The lowest BCUT2D eigenvalue weighted by Crippen LogP contribution is -2.06. The molecule has 0 aromatic heterocycles. The number of carbonyl (C=O) groups excluding carboxylic acids is 1. The summed E-state index contributed by atoms with van der Waals surface area (Å²) in [5, 5.41) is 0. The maximum atomic E-state index is 13.0. The second kappa shape index (κ2) is 45.2. The van der Waals surface area contributed by atoms with Crippen LogP contribution in [0.15, 0.2) is 152 Å². The molecule has 0 unspecified atom stereocenters. The molecule has 0 fully saturated rings. The maximum absolute atomic E-state index is 13.0. The summed E-state index contributed by atoms with van der Waals surface area (Å²) in [6.45, 7) is 31.8. The van der Waals surface area contributed by atoms with E-state index in [1.165, 1.54) is 84.2 Å². The van der Waals surface area contributed by atoms with Crippen LogP contribution in [0.5, 0.6) is 57.5 Å². The van der Waals surface area contributed by atoms with Gasteiger partial charge in [-0.1, -0.05) is 221 Å². The molecule has 4 atom stereocenters. The topological polar surface area (TPSA) is 119 Å². The smallest absolute Gasteiger partial charge is 0.337 e. The standard InChI is InChI=1S/C90H124O12/c1-65(2)18-14-22-69(9)48-52-93-80-37-26-73(27-38-80)59-97-84-45-34-77(56-87(84)100-61-75-30-41-82(42-31-75)95-54-50-71(11)24-16-20-67(5)6)63-99-86-47-36-79(90(91)92-13)58-89(86)102-64-78-35-46-85(98-60-74-28-39-81(40-29-74)94-53-49-70(10)23-15-19-66(3)4)88(57-78)101-62-76-32-43-83(44-33-76)96-55-51-72(12)25-17-21-68(7)8/h26-47,56-58,65-72H,14-25,48-55,59-64H2,1-13H3/t69-,70-,71-,72-/m1/s1. The van der Waals surface area contributed by atoms with E-state index in [4.69, 9.17) is 52.1 Å². The first kappa shape index (κ1) is 81.3. The van der Waals surface area contributed by atoms with E-state index in [2.05, 4.69) is 83.1 Å². The molecule has 12 nitrogen and oxygen atoms in total. The van der Waals surface area contributed by atoms with Crippen LogP contribution in [0.3, 0.4) is 0 Å². The van der Waals surface area contributed by atoms with Crippen LogP contribution in [-0.4, -0.2) is 39.5 Å². The van der Waals surface area contributed by atoms with E-state index in [1.54, 1.807) is 18.2 Å². The molecular formula is C90H124O12. The van der Waals surface area contributed by atoms with Crippen LogP contribution in [0.2, 0.25) is 0 Å². The first-order chi connectivity index (χ1) is 49.3. The summed E-state index contributed by atoms with van der Waals surface area (Å²) in [4.78, 5) is 13.0. The molecule has 12 heteroatoms. The molecule has 0 aliphatic carbocycles. The molecule has 7 rings (SSSR count). The number of benzene rings is 7. The Hall–Kier alpha value is -7.99. The van der Waals surface area contributed by atoms with Gasteiger partial charge < -0.3 is 52.1 Å². The zero-order chi connectivity index (χ0) is 72.9. The number of carbonyl (C=O) groups is 1. The summed E-state index contributed by atoms with van der Waals surface area (Å²) in [6, 6.07) is 49.2. The Balaban J connectivity index is 1.04. The predicted octanol–water partition coefficient (Wildman–Crippen LogP) is 23.9. The largest absolute Gasteiger partial charge is 0.494 e. The molecule has 7 aromatic rings. The number of ether oxygens (including phenoxy) is 11. The summed E-state index contributed by atoms with van der Waals surface area (Å²) in [6.07, 6.45) is 19.1. The van der Waals surface area contributed by atoms with Crippen LogP contribution in [0, 0.1) is 47.3 Å². The van der Waals surface area contributed by atoms with E-state index < -0.39 is 5.97 Å². The van der Waals surface area contributed by atoms with E-state index in [9.17, 15) is 4.79 Å². The Morgan fingerprint density at radius 2 is 0.490 bits per heavy atom. The van der Waals surface area contributed by atoms with Crippen molar-refractivity contribution >= 4 is 5.97 Å². The van der Waals surface area contributed by atoms with Crippen molar-refractivity contribution in [1.29, 1.82) is 0 Å². The van der Waals surface area contributed by atoms with Crippen molar-refractivity contribution in [2.75, 3.05) is 33.5 Å². The molecule has 0 spiro atoms. The first-order valence-electron chi connectivity index (χ1n) is 38.4. The Labute approximate surface area is 614 Å². The molecule has 0 saturated carbocycles. The first-order valence-corrected chi connectivity index (χ1v) is 38.4. The second-order valence-corrected chi connectivity index (χ2v) is 30.3. The van der Waals surface area contributed by atoms with Gasteiger partial charge in [0.2, 0.25) is 0 Å². The average molecular weight is 1400 g/mol. The third-order valence-electron chi connectivity index (χ3n) is 18.9. The Morgan fingerprint density at radius 3 is 0.755 bits per heavy atom. The maximum Gasteiger partial charge on any atom is 0.337 e. The van der Waals surface area contributed by atoms with Gasteiger partial charge in [0, 0.05) is 0 Å². The molecule has 0 heterocycles. The Morgan fingerprint density at radius 1 is 0.255 bits per heavy atom. The van der Waals surface area contributed by atoms with E-state index in [0.717, 1.165) is 106 Å². The average Bonchev–Trinajstić information content (AvgIpc) is 0.907. The van der Waals surface area contributed by atoms with Gasteiger partial charge in [0.1, 0.15) is 62.6 Å². The Kier molecular flexibility index (Phi) is 36.0. The fourth-order valence-electron chi connectivity index (χ4n) is 12.0. The summed E-state index contributed by atoms with van der Waals surface area (Å²) < 4.78 is 69.4. The number of hydrogen-bond acceptors (Lipinski definition) is 12. The lowest BCUT2D eigenvalue weighted by Gasteiger charge is -2.17. The van der Waals surface area contributed by atoms with Crippen molar-refractivity contribution in [3.8, 4) is 57.5 Å². The monoisotopic (exact) mass is 1400 g/mol. The van der Waals surface area contributed by atoms with E-state index >= 15 is 0 Å². The number of esters is 1. The van der Waals surface area contributed by atoms with Gasteiger partial charge in [0.25, 0.3) is 0 Å². The highest BCUT2D eigenvalue weighted by Crippen LogP contribution is 2.36. The molecule has 0 aliphatic rings. The quantitative estimate of drug-likeness (QED) is 0.0338. The lowest BCUT2D eigenvalue weighted by atomic mass is 9.98. The van der Waals surface area contributed by atoms with E-state index in [1.807, 2.05) is 133 Å². The third kappa shape index (κ3) is 31.7. The highest BCUT2D eigenvalue weighted by molar-refractivity contribution is 5.90. The van der Waals surface area contributed by atoms with Crippen molar-refractivity contribution in [2.45, 2.75) is 225 Å². The second-order valence-electron chi connectivity index (χ2n) is 30.3. The fourth-order valence-corrected chi connectivity index (χ4v) is 12.0. The van der Waals surface area contributed by atoms with E-state index in [0.29, 0.717) is 117 Å².